The molecule has 4 nitrogen and oxygen atoms in total. The molecule has 1 aliphatic rings. The molecule has 1 atom stereocenters. The topological polar surface area (TPSA) is 51.5 Å². The second-order valence-corrected chi connectivity index (χ2v) is 6.54. The van der Waals surface area contributed by atoms with E-state index in [0.29, 0.717) is 12.3 Å². The molecule has 0 unspecified atom stereocenters. The lowest BCUT2D eigenvalue weighted by molar-refractivity contribution is 0.0203. The standard InChI is InChI=1S/C18H23NO3/c1-11-6-7-12(2)15-14(11)13(3)16(22-15)17(20)19-10-18(4)8-5-9-21-18/h6-7H,5,8-10H2,1-4H3,(H,19,20)/t18-/m1/s1. The molecule has 0 aliphatic carbocycles. The molecule has 1 aromatic heterocycles. The minimum Gasteiger partial charge on any atom is -0.450 e. The zero-order valence-electron chi connectivity index (χ0n) is 13.7. The Kier molecular flexibility index (Phi) is 3.73. The molecular weight excluding hydrogens is 278 g/mol. The van der Waals surface area contributed by atoms with Crippen molar-refractivity contribution >= 4 is 16.9 Å². The molecule has 2 aromatic rings. The monoisotopic (exact) mass is 301 g/mol. The van der Waals surface area contributed by atoms with Gasteiger partial charge >= 0.3 is 0 Å². The first kappa shape index (κ1) is 15.1. The van der Waals surface area contributed by atoms with Gasteiger partial charge in [-0.25, -0.2) is 0 Å². The highest BCUT2D eigenvalue weighted by Gasteiger charge is 2.31. The van der Waals surface area contributed by atoms with E-state index in [1.165, 1.54) is 0 Å². The molecule has 2 heterocycles. The highest BCUT2D eigenvalue weighted by atomic mass is 16.5. The maximum atomic E-state index is 12.5. The predicted octanol–water partition coefficient (Wildman–Crippen LogP) is 3.66. The average molecular weight is 301 g/mol. The Bertz CT molecular complexity index is 723. The summed E-state index contributed by atoms with van der Waals surface area (Å²) < 4.78 is 11.6. The van der Waals surface area contributed by atoms with Crippen molar-refractivity contribution in [1.82, 2.24) is 5.32 Å². The molecule has 1 N–H and O–H groups in total. The fraction of sp³-hybridized carbons (Fsp3) is 0.500. The molecule has 0 radical (unpaired) electrons. The number of amides is 1. The van der Waals surface area contributed by atoms with Gasteiger partial charge in [-0.3, -0.25) is 4.79 Å². The number of nitrogens with one attached hydrogen (secondary N) is 1. The van der Waals surface area contributed by atoms with E-state index in [9.17, 15) is 4.79 Å². The molecule has 0 bridgehead atoms. The minimum absolute atomic E-state index is 0.163. The van der Waals surface area contributed by atoms with Crippen LogP contribution in [0.3, 0.4) is 0 Å². The van der Waals surface area contributed by atoms with Crippen molar-refractivity contribution in [3.63, 3.8) is 0 Å². The first-order chi connectivity index (χ1) is 10.4. The Labute approximate surface area is 130 Å². The summed E-state index contributed by atoms with van der Waals surface area (Å²) in [5.74, 6) is 0.248. The van der Waals surface area contributed by atoms with E-state index in [4.69, 9.17) is 9.15 Å². The van der Waals surface area contributed by atoms with Crippen molar-refractivity contribution in [2.75, 3.05) is 13.2 Å². The maximum absolute atomic E-state index is 12.5. The molecule has 4 heteroatoms. The van der Waals surface area contributed by atoms with E-state index >= 15 is 0 Å². The number of aryl methyl sites for hydroxylation is 3. The molecule has 0 spiro atoms. The van der Waals surface area contributed by atoms with Gasteiger partial charge in [0.1, 0.15) is 5.58 Å². The summed E-state index contributed by atoms with van der Waals surface area (Å²) in [6, 6.07) is 4.09. The second-order valence-electron chi connectivity index (χ2n) is 6.54. The molecule has 1 aromatic carbocycles. The summed E-state index contributed by atoms with van der Waals surface area (Å²) in [6.45, 7) is 9.31. The van der Waals surface area contributed by atoms with Gasteiger partial charge in [-0.05, 0) is 51.7 Å². The van der Waals surface area contributed by atoms with Crippen LogP contribution < -0.4 is 5.32 Å². The number of hydrogen-bond acceptors (Lipinski definition) is 3. The number of fused-ring (bicyclic) bond motifs is 1. The lowest BCUT2D eigenvalue weighted by atomic mass is 10.0. The molecule has 1 fully saturated rings. The van der Waals surface area contributed by atoms with Crippen LogP contribution in [0, 0.1) is 20.8 Å². The van der Waals surface area contributed by atoms with Crippen LogP contribution in [0.4, 0.5) is 0 Å². The van der Waals surface area contributed by atoms with Gasteiger partial charge in [0.05, 0.1) is 5.60 Å². The Morgan fingerprint density at radius 3 is 2.64 bits per heavy atom. The van der Waals surface area contributed by atoms with Crippen LogP contribution >= 0.6 is 0 Å². The van der Waals surface area contributed by atoms with E-state index in [2.05, 4.69) is 11.4 Å². The van der Waals surface area contributed by atoms with Crippen LogP contribution in [0.15, 0.2) is 16.5 Å². The Morgan fingerprint density at radius 2 is 2.00 bits per heavy atom. The summed E-state index contributed by atoms with van der Waals surface area (Å²) in [4.78, 5) is 12.5. The van der Waals surface area contributed by atoms with Gasteiger partial charge < -0.3 is 14.5 Å². The van der Waals surface area contributed by atoms with Crippen molar-refractivity contribution in [1.29, 1.82) is 0 Å². The van der Waals surface area contributed by atoms with Crippen molar-refractivity contribution < 1.29 is 13.9 Å². The number of hydrogen-bond donors (Lipinski definition) is 1. The molecule has 1 saturated heterocycles. The minimum atomic E-state index is -0.249. The maximum Gasteiger partial charge on any atom is 0.287 e. The van der Waals surface area contributed by atoms with E-state index in [0.717, 1.165) is 47.1 Å². The largest absolute Gasteiger partial charge is 0.450 e. The van der Waals surface area contributed by atoms with Gasteiger partial charge in [-0.2, -0.15) is 0 Å². The van der Waals surface area contributed by atoms with Crippen LogP contribution in [0.1, 0.15) is 47.0 Å². The molecular formula is C18H23NO3. The van der Waals surface area contributed by atoms with Crippen LogP contribution in [-0.2, 0) is 4.74 Å². The highest BCUT2D eigenvalue weighted by molar-refractivity contribution is 6.00. The number of carbonyl (C=O) groups excluding carboxylic acids is 1. The normalized spacial score (nSPS) is 21.5. The average Bonchev–Trinajstić information content (AvgIpc) is 3.06. The van der Waals surface area contributed by atoms with Gasteiger partial charge in [-0.15, -0.1) is 0 Å². The van der Waals surface area contributed by atoms with E-state index in [1.54, 1.807) is 0 Å². The van der Waals surface area contributed by atoms with E-state index in [1.807, 2.05) is 33.8 Å². The van der Waals surface area contributed by atoms with Gasteiger partial charge in [-0.1, -0.05) is 12.1 Å². The molecule has 3 rings (SSSR count). The number of benzene rings is 1. The van der Waals surface area contributed by atoms with Crippen LogP contribution in [0.25, 0.3) is 11.0 Å². The fourth-order valence-corrected chi connectivity index (χ4v) is 3.22. The Morgan fingerprint density at radius 1 is 1.27 bits per heavy atom. The lowest BCUT2D eigenvalue weighted by Crippen LogP contribution is -2.40. The quantitative estimate of drug-likeness (QED) is 0.941. The van der Waals surface area contributed by atoms with Gasteiger partial charge in [0.15, 0.2) is 5.76 Å². The van der Waals surface area contributed by atoms with Crippen molar-refractivity contribution in [3.05, 3.63) is 34.6 Å². The first-order valence-electron chi connectivity index (χ1n) is 7.83. The van der Waals surface area contributed by atoms with Crippen molar-refractivity contribution in [3.8, 4) is 0 Å². The van der Waals surface area contributed by atoms with Crippen LogP contribution in [0.2, 0.25) is 0 Å². The third-order valence-electron chi connectivity index (χ3n) is 4.61. The highest BCUT2D eigenvalue weighted by Crippen LogP contribution is 2.31. The molecule has 1 aliphatic heterocycles. The van der Waals surface area contributed by atoms with E-state index in [-0.39, 0.29) is 11.5 Å². The first-order valence-corrected chi connectivity index (χ1v) is 7.83. The molecule has 118 valence electrons. The Hall–Kier alpha value is -1.81. The van der Waals surface area contributed by atoms with Gasteiger partial charge in [0.25, 0.3) is 5.91 Å². The van der Waals surface area contributed by atoms with Gasteiger partial charge in [0, 0.05) is 24.1 Å². The number of carbonyl (C=O) groups is 1. The summed E-state index contributed by atoms with van der Waals surface area (Å²) in [5, 5.41) is 4.01. The van der Waals surface area contributed by atoms with Crippen LogP contribution in [-0.4, -0.2) is 24.7 Å². The fourth-order valence-electron chi connectivity index (χ4n) is 3.22. The molecule has 0 saturated carbocycles. The molecule has 1 amide bonds. The number of ether oxygens (including phenoxy) is 1. The summed E-state index contributed by atoms with van der Waals surface area (Å²) >= 11 is 0. The summed E-state index contributed by atoms with van der Waals surface area (Å²) in [5.41, 5.74) is 3.65. The third-order valence-corrected chi connectivity index (χ3v) is 4.61. The van der Waals surface area contributed by atoms with Crippen LogP contribution in [0.5, 0.6) is 0 Å². The SMILES string of the molecule is Cc1ccc(C)c2c(C)c(C(=O)NC[C@@]3(C)CCCO3)oc12. The smallest absolute Gasteiger partial charge is 0.287 e. The van der Waals surface area contributed by atoms with Crippen molar-refractivity contribution in [2.24, 2.45) is 0 Å². The summed E-state index contributed by atoms with van der Waals surface area (Å²) in [7, 11) is 0. The number of furan rings is 1. The zero-order chi connectivity index (χ0) is 15.9. The Balaban J connectivity index is 1.87. The number of rotatable bonds is 3. The lowest BCUT2D eigenvalue weighted by Gasteiger charge is -2.23. The van der Waals surface area contributed by atoms with E-state index < -0.39 is 0 Å². The van der Waals surface area contributed by atoms with Crippen molar-refractivity contribution in [2.45, 2.75) is 46.1 Å². The summed E-state index contributed by atoms with van der Waals surface area (Å²) in [6.07, 6.45) is 2.03. The zero-order valence-corrected chi connectivity index (χ0v) is 13.7. The third kappa shape index (κ3) is 2.52. The molecule has 22 heavy (non-hydrogen) atoms. The van der Waals surface area contributed by atoms with Gasteiger partial charge in [0.2, 0.25) is 0 Å². The second kappa shape index (κ2) is 5.43. The predicted molar refractivity (Wildman–Crippen MR) is 86.3 cm³/mol.